The van der Waals surface area contributed by atoms with Crippen LogP contribution in [0.3, 0.4) is 0 Å². The highest BCUT2D eigenvalue weighted by Gasteiger charge is 2.10. The Balaban J connectivity index is 2.57. The van der Waals surface area contributed by atoms with Crippen LogP contribution < -0.4 is 5.32 Å². The number of hydrogen-bond donors (Lipinski definition) is 1. The Kier molecular flexibility index (Phi) is 4.77. The topological polar surface area (TPSA) is 29.1 Å². The van der Waals surface area contributed by atoms with Crippen molar-refractivity contribution in [1.29, 1.82) is 0 Å². The van der Waals surface area contributed by atoms with Gasteiger partial charge in [-0.1, -0.05) is 43.8 Å². The van der Waals surface area contributed by atoms with Gasteiger partial charge < -0.3 is 5.32 Å². The van der Waals surface area contributed by atoms with E-state index in [1.165, 1.54) is 5.56 Å². The molecule has 0 bridgehead atoms. The normalized spacial score (nSPS) is 11.9. The van der Waals surface area contributed by atoms with Gasteiger partial charge in [-0.25, -0.2) is 0 Å². The predicted molar refractivity (Wildman–Crippen MR) is 67.3 cm³/mol. The fourth-order valence-corrected chi connectivity index (χ4v) is 1.59. The molecule has 16 heavy (non-hydrogen) atoms. The number of rotatable bonds is 5. The van der Waals surface area contributed by atoms with Crippen molar-refractivity contribution in [3.8, 4) is 0 Å². The molecule has 0 aliphatic carbocycles. The summed E-state index contributed by atoms with van der Waals surface area (Å²) in [7, 11) is 0. The summed E-state index contributed by atoms with van der Waals surface area (Å²) >= 11 is 0. The van der Waals surface area contributed by atoms with Crippen molar-refractivity contribution >= 4 is 5.91 Å². The van der Waals surface area contributed by atoms with Gasteiger partial charge in [-0.05, 0) is 18.9 Å². The van der Waals surface area contributed by atoms with Crippen LogP contribution in [-0.4, -0.2) is 12.5 Å². The van der Waals surface area contributed by atoms with Crippen molar-refractivity contribution in [2.75, 3.05) is 6.54 Å². The van der Waals surface area contributed by atoms with Gasteiger partial charge in [-0.3, -0.25) is 4.79 Å². The largest absolute Gasteiger partial charge is 0.352 e. The molecule has 0 aliphatic rings. The molecule has 0 spiro atoms. The van der Waals surface area contributed by atoms with E-state index in [1.54, 1.807) is 6.92 Å². The molecule has 0 fully saturated rings. The van der Waals surface area contributed by atoms with Crippen LogP contribution in [0.2, 0.25) is 0 Å². The molecule has 0 saturated heterocycles. The van der Waals surface area contributed by atoms with Crippen molar-refractivity contribution in [1.82, 2.24) is 5.32 Å². The van der Waals surface area contributed by atoms with Crippen LogP contribution in [0.5, 0.6) is 0 Å². The lowest BCUT2D eigenvalue weighted by Gasteiger charge is -2.16. The Hall–Kier alpha value is -1.57. The van der Waals surface area contributed by atoms with E-state index >= 15 is 0 Å². The molecule has 2 heteroatoms. The second-order valence-corrected chi connectivity index (χ2v) is 4.01. The number of nitrogens with one attached hydrogen (secondary N) is 1. The fourth-order valence-electron chi connectivity index (χ4n) is 1.59. The molecule has 86 valence electrons. The molecule has 1 unspecified atom stereocenters. The highest BCUT2D eigenvalue weighted by molar-refractivity contribution is 5.92. The first-order valence-corrected chi connectivity index (χ1v) is 5.63. The van der Waals surface area contributed by atoms with Crippen molar-refractivity contribution in [2.45, 2.75) is 26.2 Å². The number of carbonyl (C=O) groups is 1. The maximum absolute atomic E-state index is 11.4. The molecule has 0 aromatic heterocycles. The van der Waals surface area contributed by atoms with E-state index in [4.69, 9.17) is 0 Å². The highest BCUT2D eigenvalue weighted by Crippen LogP contribution is 2.17. The Labute approximate surface area is 97.4 Å². The molecule has 1 amide bonds. The van der Waals surface area contributed by atoms with Crippen molar-refractivity contribution in [2.24, 2.45) is 0 Å². The first-order valence-electron chi connectivity index (χ1n) is 5.63. The second-order valence-electron chi connectivity index (χ2n) is 4.01. The molecule has 0 radical (unpaired) electrons. The third-order valence-corrected chi connectivity index (χ3v) is 2.66. The average Bonchev–Trinajstić information content (AvgIpc) is 2.30. The van der Waals surface area contributed by atoms with Crippen molar-refractivity contribution in [3.63, 3.8) is 0 Å². The maximum atomic E-state index is 11.4. The summed E-state index contributed by atoms with van der Waals surface area (Å²) in [5.41, 5.74) is 1.83. The number of hydrogen-bond acceptors (Lipinski definition) is 1. The molecular weight excluding hydrogens is 198 g/mol. The number of carbonyl (C=O) groups excluding carboxylic acids is 1. The van der Waals surface area contributed by atoms with Gasteiger partial charge in [-0.15, -0.1) is 0 Å². The SMILES string of the molecule is C=C(C)C(=O)NCC(CC)c1ccccc1. The summed E-state index contributed by atoms with van der Waals surface area (Å²) in [5.74, 6) is 0.318. The molecule has 2 nitrogen and oxygen atoms in total. The van der Waals surface area contributed by atoms with E-state index in [-0.39, 0.29) is 5.91 Å². The lowest BCUT2D eigenvalue weighted by Crippen LogP contribution is -2.28. The van der Waals surface area contributed by atoms with Crippen LogP contribution >= 0.6 is 0 Å². The highest BCUT2D eigenvalue weighted by atomic mass is 16.1. The van der Waals surface area contributed by atoms with Gasteiger partial charge in [0, 0.05) is 18.0 Å². The monoisotopic (exact) mass is 217 g/mol. The smallest absolute Gasteiger partial charge is 0.246 e. The van der Waals surface area contributed by atoms with E-state index in [0.29, 0.717) is 18.0 Å². The summed E-state index contributed by atoms with van der Waals surface area (Å²) in [4.78, 5) is 11.4. The molecule has 0 heterocycles. The van der Waals surface area contributed by atoms with Gasteiger partial charge >= 0.3 is 0 Å². The van der Waals surface area contributed by atoms with Gasteiger partial charge in [0.15, 0.2) is 0 Å². The first-order chi connectivity index (χ1) is 7.65. The van der Waals surface area contributed by atoms with E-state index in [9.17, 15) is 4.79 Å². The Bertz CT molecular complexity index is 356. The van der Waals surface area contributed by atoms with Crippen LogP contribution in [0.25, 0.3) is 0 Å². The minimum Gasteiger partial charge on any atom is -0.352 e. The molecule has 0 saturated carbocycles. The van der Waals surface area contributed by atoms with E-state index < -0.39 is 0 Å². The summed E-state index contributed by atoms with van der Waals surface area (Å²) in [5, 5.41) is 2.89. The third-order valence-electron chi connectivity index (χ3n) is 2.66. The van der Waals surface area contributed by atoms with Crippen LogP contribution in [0.15, 0.2) is 42.5 Å². The minimum atomic E-state index is -0.0608. The van der Waals surface area contributed by atoms with Crippen LogP contribution in [0.1, 0.15) is 31.7 Å². The summed E-state index contributed by atoms with van der Waals surface area (Å²) in [6.07, 6.45) is 1.01. The minimum absolute atomic E-state index is 0.0608. The second kappa shape index (κ2) is 6.11. The van der Waals surface area contributed by atoms with Crippen LogP contribution in [0.4, 0.5) is 0 Å². The van der Waals surface area contributed by atoms with Gasteiger partial charge in [0.1, 0.15) is 0 Å². The average molecular weight is 217 g/mol. The maximum Gasteiger partial charge on any atom is 0.246 e. The molecule has 1 aromatic carbocycles. The van der Waals surface area contributed by atoms with Gasteiger partial charge in [-0.2, -0.15) is 0 Å². The van der Waals surface area contributed by atoms with Gasteiger partial charge in [0.25, 0.3) is 0 Å². The molecular formula is C14H19NO. The standard InChI is InChI=1S/C14H19NO/c1-4-12(10-15-14(16)11(2)3)13-8-6-5-7-9-13/h5-9,12H,2,4,10H2,1,3H3,(H,15,16). The zero-order valence-corrected chi connectivity index (χ0v) is 9.99. The summed E-state index contributed by atoms with van der Waals surface area (Å²) < 4.78 is 0. The fraction of sp³-hybridized carbons (Fsp3) is 0.357. The van der Waals surface area contributed by atoms with Crippen molar-refractivity contribution < 1.29 is 4.79 Å². The molecule has 1 N–H and O–H groups in total. The van der Waals surface area contributed by atoms with E-state index in [2.05, 4.69) is 31.0 Å². The zero-order chi connectivity index (χ0) is 12.0. The lowest BCUT2D eigenvalue weighted by atomic mass is 9.96. The van der Waals surface area contributed by atoms with Crippen molar-refractivity contribution in [3.05, 3.63) is 48.0 Å². The molecule has 1 atom stereocenters. The Morgan fingerprint density at radius 1 is 1.38 bits per heavy atom. The number of benzene rings is 1. The Morgan fingerprint density at radius 3 is 2.50 bits per heavy atom. The summed E-state index contributed by atoms with van der Waals surface area (Å²) in [6.45, 7) is 8.14. The lowest BCUT2D eigenvalue weighted by molar-refractivity contribution is -0.117. The quantitative estimate of drug-likeness (QED) is 0.755. The van der Waals surface area contributed by atoms with E-state index in [1.807, 2.05) is 18.2 Å². The van der Waals surface area contributed by atoms with E-state index in [0.717, 1.165) is 6.42 Å². The molecule has 0 aliphatic heterocycles. The number of amides is 1. The first kappa shape index (κ1) is 12.5. The summed E-state index contributed by atoms with van der Waals surface area (Å²) in [6, 6.07) is 10.3. The predicted octanol–water partition coefficient (Wildman–Crippen LogP) is 2.87. The third kappa shape index (κ3) is 3.54. The molecule has 1 rings (SSSR count). The van der Waals surface area contributed by atoms with Crippen LogP contribution in [0, 0.1) is 0 Å². The van der Waals surface area contributed by atoms with Gasteiger partial charge in [0.05, 0.1) is 0 Å². The van der Waals surface area contributed by atoms with Gasteiger partial charge in [0.2, 0.25) is 5.91 Å². The molecule has 1 aromatic rings. The van der Waals surface area contributed by atoms with Crippen LogP contribution in [-0.2, 0) is 4.79 Å². The Morgan fingerprint density at radius 2 is 2.00 bits per heavy atom. The zero-order valence-electron chi connectivity index (χ0n) is 9.99.